The maximum Gasteiger partial charge on any atom is 0 e. The molecular formula is C14H16Cl2Rh-2. The zero-order valence-corrected chi connectivity index (χ0v) is 12.6. The van der Waals surface area contributed by atoms with E-state index in [1.54, 1.807) is 0 Å². The van der Waals surface area contributed by atoms with Crippen molar-refractivity contribution < 1.29 is 44.3 Å². The number of hydrogen-bond donors (Lipinski definition) is 0. The Hall–Kier alpha value is 0.163. The third-order valence-corrected chi connectivity index (χ3v) is 3.51. The molecule has 4 aliphatic carbocycles. The van der Waals surface area contributed by atoms with Crippen molar-refractivity contribution >= 4 is 0 Å². The predicted molar refractivity (Wildman–Crippen MR) is 59.8 cm³/mol. The van der Waals surface area contributed by atoms with Gasteiger partial charge in [-0.2, -0.15) is 0 Å². The molecule has 4 rings (SSSR count). The molecule has 4 aliphatic rings. The second-order valence-corrected chi connectivity index (χ2v) is 4.67. The molecule has 17 heavy (non-hydrogen) atoms. The molecule has 1 radical (unpaired) electrons. The monoisotopic (exact) mass is 357 g/mol. The Morgan fingerprint density at radius 1 is 0.471 bits per heavy atom. The predicted octanol–water partition coefficient (Wildman–Crippen LogP) is -2.50. The van der Waals surface area contributed by atoms with Crippen LogP contribution in [0.25, 0.3) is 0 Å². The van der Waals surface area contributed by atoms with Gasteiger partial charge < -0.3 is 24.8 Å². The van der Waals surface area contributed by atoms with Gasteiger partial charge in [-0.1, -0.05) is 48.6 Å². The van der Waals surface area contributed by atoms with Crippen LogP contribution in [0.1, 0.15) is 12.8 Å². The fourth-order valence-corrected chi connectivity index (χ4v) is 2.66. The van der Waals surface area contributed by atoms with Crippen LogP contribution in [0.15, 0.2) is 48.6 Å². The molecule has 0 saturated carbocycles. The fourth-order valence-electron chi connectivity index (χ4n) is 2.66. The van der Waals surface area contributed by atoms with Gasteiger partial charge in [0.05, 0.1) is 0 Å². The van der Waals surface area contributed by atoms with Gasteiger partial charge >= 0.3 is 0 Å². The minimum atomic E-state index is 0. The quantitative estimate of drug-likeness (QED) is 0.332. The summed E-state index contributed by atoms with van der Waals surface area (Å²) in [4.78, 5) is 0. The Bertz CT molecular complexity index is 254. The van der Waals surface area contributed by atoms with Crippen LogP contribution in [0.4, 0.5) is 0 Å². The Labute approximate surface area is 129 Å². The molecule has 97 valence electrons. The normalized spacial score (nSPS) is 35.8. The molecule has 0 atom stereocenters. The molecule has 0 heterocycles. The van der Waals surface area contributed by atoms with E-state index in [-0.39, 0.29) is 44.3 Å². The van der Waals surface area contributed by atoms with E-state index in [1.165, 1.54) is 12.8 Å². The minimum absolute atomic E-state index is 0. The third kappa shape index (κ3) is 4.09. The molecule has 0 aromatic heterocycles. The van der Waals surface area contributed by atoms with Crippen LogP contribution < -0.4 is 24.8 Å². The summed E-state index contributed by atoms with van der Waals surface area (Å²) in [6.07, 6.45) is 21.1. The summed E-state index contributed by atoms with van der Waals surface area (Å²) in [5.74, 6) is 3.24. The van der Waals surface area contributed by atoms with Crippen molar-refractivity contribution in [1.82, 2.24) is 0 Å². The van der Waals surface area contributed by atoms with Gasteiger partial charge in [0.15, 0.2) is 0 Å². The molecule has 0 nitrogen and oxygen atoms in total. The molecule has 0 aliphatic heterocycles. The summed E-state index contributed by atoms with van der Waals surface area (Å²) in [7, 11) is 0. The van der Waals surface area contributed by atoms with Crippen LogP contribution in [-0.4, -0.2) is 0 Å². The molecule has 3 heteroatoms. The van der Waals surface area contributed by atoms with Crippen molar-refractivity contribution in [3.63, 3.8) is 0 Å². The summed E-state index contributed by atoms with van der Waals surface area (Å²) < 4.78 is 0. The van der Waals surface area contributed by atoms with E-state index in [1.807, 2.05) is 0 Å². The number of allylic oxidation sites excluding steroid dienone is 8. The molecular weight excluding hydrogens is 342 g/mol. The maximum absolute atomic E-state index is 2.30. The SMILES string of the molecule is C1=CC2C=CC1C2.C1=CC2C=CC1C2.[Cl-].[Cl-].[Rh]. The van der Waals surface area contributed by atoms with Gasteiger partial charge in [0.25, 0.3) is 0 Å². The van der Waals surface area contributed by atoms with Gasteiger partial charge in [-0.05, 0) is 36.5 Å². The molecule has 4 bridgehead atoms. The molecule has 0 saturated heterocycles. The van der Waals surface area contributed by atoms with E-state index in [4.69, 9.17) is 0 Å². The topological polar surface area (TPSA) is 0 Å². The third-order valence-electron chi connectivity index (χ3n) is 3.51. The summed E-state index contributed by atoms with van der Waals surface area (Å²) in [6.45, 7) is 0. The Morgan fingerprint density at radius 2 is 0.647 bits per heavy atom. The maximum atomic E-state index is 2.30. The van der Waals surface area contributed by atoms with E-state index < -0.39 is 0 Å². The second-order valence-electron chi connectivity index (χ2n) is 4.67. The van der Waals surface area contributed by atoms with Crippen molar-refractivity contribution in [1.29, 1.82) is 0 Å². The minimum Gasteiger partial charge on any atom is -1.00 e. The van der Waals surface area contributed by atoms with Gasteiger partial charge in [-0.25, -0.2) is 0 Å². The Morgan fingerprint density at radius 3 is 0.706 bits per heavy atom. The standard InChI is InChI=1S/2C7H8.2ClH.Rh/c2*1-2-7-4-3-6(1)5-7;;;/h2*1-4,6-7H,5H2;2*1H;/p-2. The largest absolute Gasteiger partial charge is 1.00 e. The molecule has 0 unspecified atom stereocenters. The van der Waals surface area contributed by atoms with Gasteiger partial charge in [-0.15, -0.1) is 0 Å². The first-order valence-electron chi connectivity index (χ1n) is 5.63. The van der Waals surface area contributed by atoms with Gasteiger partial charge in [-0.3, -0.25) is 0 Å². The van der Waals surface area contributed by atoms with Gasteiger partial charge in [0, 0.05) is 19.5 Å². The van der Waals surface area contributed by atoms with Crippen LogP contribution in [0.5, 0.6) is 0 Å². The van der Waals surface area contributed by atoms with Crippen molar-refractivity contribution in [3.8, 4) is 0 Å². The molecule has 0 aromatic carbocycles. The Balaban J connectivity index is 0.000000256. The zero-order chi connectivity index (χ0) is 9.38. The first kappa shape index (κ1) is 17.2. The van der Waals surface area contributed by atoms with E-state index in [0.29, 0.717) is 0 Å². The molecule has 0 amide bonds. The van der Waals surface area contributed by atoms with E-state index in [0.717, 1.165) is 23.7 Å². The van der Waals surface area contributed by atoms with Crippen LogP contribution in [-0.2, 0) is 19.5 Å². The second kappa shape index (κ2) is 7.57. The van der Waals surface area contributed by atoms with Gasteiger partial charge in [0.1, 0.15) is 0 Å². The Kier molecular flexibility index (Phi) is 7.64. The van der Waals surface area contributed by atoms with Gasteiger partial charge in [0.2, 0.25) is 0 Å². The average molecular weight is 358 g/mol. The summed E-state index contributed by atoms with van der Waals surface area (Å²) in [6, 6.07) is 0. The fraction of sp³-hybridized carbons (Fsp3) is 0.429. The van der Waals surface area contributed by atoms with E-state index >= 15 is 0 Å². The zero-order valence-electron chi connectivity index (χ0n) is 9.43. The summed E-state index contributed by atoms with van der Waals surface area (Å²) >= 11 is 0. The molecule has 0 spiro atoms. The van der Waals surface area contributed by atoms with E-state index in [2.05, 4.69) is 48.6 Å². The number of fused-ring (bicyclic) bond motifs is 4. The summed E-state index contributed by atoms with van der Waals surface area (Å²) in [5, 5.41) is 0. The summed E-state index contributed by atoms with van der Waals surface area (Å²) in [5.41, 5.74) is 0. The average Bonchev–Trinajstić information content (AvgIpc) is 3.01. The van der Waals surface area contributed by atoms with Crippen LogP contribution >= 0.6 is 0 Å². The number of halogens is 2. The van der Waals surface area contributed by atoms with Crippen LogP contribution in [0.2, 0.25) is 0 Å². The number of hydrogen-bond acceptors (Lipinski definition) is 0. The van der Waals surface area contributed by atoms with E-state index in [9.17, 15) is 0 Å². The molecule has 0 N–H and O–H groups in total. The molecule has 0 fully saturated rings. The van der Waals surface area contributed by atoms with Crippen molar-refractivity contribution in [2.24, 2.45) is 23.7 Å². The van der Waals surface area contributed by atoms with Crippen molar-refractivity contribution in [2.45, 2.75) is 12.8 Å². The number of rotatable bonds is 0. The van der Waals surface area contributed by atoms with Crippen LogP contribution in [0.3, 0.4) is 0 Å². The van der Waals surface area contributed by atoms with Crippen LogP contribution in [0, 0.1) is 23.7 Å². The first-order valence-corrected chi connectivity index (χ1v) is 5.63. The smallest absolute Gasteiger partial charge is 0 e. The van der Waals surface area contributed by atoms with Crippen molar-refractivity contribution in [3.05, 3.63) is 48.6 Å². The van der Waals surface area contributed by atoms with Crippen molar-refractivity contribution in [2.75, 3.05) is 0 Å². The molecule has 0 aromatic rings. The first-order chi connectivity index (χ1) is 6.90.